The van der Waals surface area contributed by atoms with Gasteiger partial charge in [0.1, 0.15) is 17.9 Å². The molecule has 0 radical (unpaired) electrons. The molecule has 0 bridgehead atoms. The maximum absolute atomic E-state index is 12.6. The number of ketones is 1. The lowest BCUT2D eigenvalue weighted by Gasteiger charge is -2.09. The zero-order valence-corrected chi connectivity index (χ0v) is 18.0. The predicted molar refractivity (Wildman–Crippen MR) is 111 cm³/mol. The maximum Gasteiger partial charge on any atom is 0.328 e. The molecule has 30 heavy (non-hydrogen) atoms. The average Bonchev–Trinajstić information content (AvgIpc) is 3.35. The van der Waals surface area contributed by atoms with E-state index in [0.717, 1.165) is 11.4 Å². The van der Waals surface area contributed by atoms with Crippen LogP contribution in [0.2, 0.25) is 0 Å². The van der Waals surface area contributed by atoms with Gasteiger partial charge >= 0.3 is 11.7 Å². The monoisotopic (exact) mass is 430 g/mol. The van der Waals surface area contributed by atoms with Crippen molar-refractivity contribution in [2.75, 3.05) is 6.61 Å². The fourth-order valence-electron chi connectivity index (χ4n) is 3.38. The Morgan fingerprint density at radius 2 is 1.97 bits per heavy atom. The van der Waals surface area contributed by atoms with Gasteiger partial charge < -0.3 is 9.30 Å². The van der Waals surface area contributed by atoms with E-state index in [1.165, 1.54) is 23.4 Å². The third-order valence-electron chi connectivity index (χ3n) is 4.94. The van der Waals surface area contributed by atoms with E-state index < -0.39 is 17.5 Å². The Morgan fingerprint density at radius 1 is 1.23 bits per heavy atom. The van der Waals surface area contributed by atoms with Crippen molar-refractivity contribution in [3.05, 3.63) is 66.9 Å². The Bertz CT molecular complexity index is 1110. The van der Waals surface area contributed by atoms with Gasteiger partial charge in [0.2, 0.25) is 5.78 Å². The van der Waals surface area contributed by atoms with Gasteiger partial charge in [0.05, 0.1) is 11.5 Å². The van der Waals surface area contributed by atoms with E-state index in [0.29, 0.717) is 12.1 Å². The number of carbonyl (C=O) groups excluding carboxylic acids is 2. The van der Waals surface area contributed by atoms with E-state index in [2.05, 4.69) is 9.67 Å². The SMILES string of the molecule is Cc1nn(CC(=O)OCC(=O)c2cc(C)n(Cc3cccs3)c2C)c(C)c1[N+](=O)[O-]. The van der Waals surface area contributed by atoms with Gasteiger partial charge in [0.15, 0.2) is 6.61 Å². The van der Waals surface area contributed by atoms with Gasteiger partial charge in [-0.2, -0.15) is 5.10 Å². The Morgan fingerprint density at radius 3 is 2.57 bits per heavy atom. The number of nitro groups is 1. The minimum Gasteiger partial charge on any atom is -0.456 e. The largest absolute Gasteiger partial charge is 0.456 e. The van der Waals surface area contributed by atoms with Crippen molar-refractivity contribution in [2.45, 2.75) is 40.8 Å². The van der Waals surface area contributed by atoms with Gasteiger partial charge in [-0.05, 0) is 45.2 Å². The summed E-state index contributed by atoms with van der Waals surface area (Å²) < 4.78 is 8.38. The Hall–Kier alpha value is -3.27. The molecule has 0 spiro atoms. The number of thiophene rings is 1. The van der Waals surface area contributed by atoms with Gasteiger partial charge in [0, 0.05) is 21.8 Å². The standard InChI is InChI=1S/C20H22N4O5S/c1-12-8-17(14(3)22(12)9-16-6-5-7-30-16)18(25)11-29-19(26)10-23-15(4)20(24(27)28)13(2)21-23/h5-8H,9-11H2,1-4H3. The zero-order chi connectivity index (χ0) is 22.0. The molecule has 158 valence electrons. The van der Waals surface area contributed by atoms with Crippen LogP contribution >= 0.6 is 11.3 Å². The van der Waals surface area contributed by atoms with Gasteiger partial charge in [-0.15, -0.1) is 11.3 Å². The highest BCUT2D eigenvalue weighted by Crippen LogP contribution is 2.22. The summed E-state index contributed by atoms with van der Waals surface area (Å²) in [7, 11) is 0. The number of ether oxygens (including phenoxy) is 1. The van der Waals surface area contributed by atoms with Crippen molar-refractivity contribution in [3.8, 4) is 0 Å². The molecule has 0 saturated heterocycles. The molecule has 0 atom stereocenters. The molecule has 0 aliphatic heterocycles. The topological polar surface area (TPSA) is 109 Å². The molecule has 0 fully saturated rings. The van der Waals surface area contributed by atoms with Crippen LogP contribution in [0.15, 0.2) is 23.6 Å². The zero-order valence-electron chi connectivity index (χ0n) is 17.2. The lowest BCUT2D eigenvalue weighted by atomic mass is 10.1. The third kappa shape index (κ3) is 4.33. The second-order valence-electron chi connectivity index (χ2n) is 6.97. The Balaban J connectivity index is 1.64. The fraction of sp³-hybridized carbons (Fsp3) is 0.350. The molecule has 10 heteroatoms. The van der Waals surface area contributed by atoms with Crippen molar-refractivity contribution in [2.24, 2.45) is 0 Å². The smallest absolute Gasteiger partial charge is 0.328 e. The molecule has 0 N–H and O–H groups in total. The second kappa shape index (κ2) is 8.62. The minimum absolute atomic E-state index is 0.128. The second-order valence-corrected chi connectivity index (χ2v) is 8.00. The van der Waals surface area contributed by atoms with Crippen LogP contribution in [-0.4, -0.2) is 37.6 Å². The number of carbonyl (C=O) groups is 2. The summed E-state index contributed by atoms with van der Waals surface area (Å²) in [4.78, 5) is 36.5. The van der Waals surface area contributed by atoms with Gasteiger partial charge in [-0.1, -0.05) is 6.07 Å². The first-order chi connectivity index (χ1) is 14.2. The van der Waals surface area contributed by atoms with Crippen LogP contribution in [0.1, 0.15) is 38.0 Å². The molecule has 3 aromatic heterocycles. The molecule has 0 aliphatic carbocycles. The first-order valence-corrected chi connectivity index (χ1v) is 10.1. The minimum atomic E-state index is -0.684. The van der Waals surface area contributed by atoms with Gasteiger partial charge in [0.25, 0.3) is 0 Å². The van der Waals surface area contributed by atoms with Crippen molar-refractivity contribution >= 4 is 28.8 Å². The number of aryl methyl sites for hydroxylation is 2. The molecule has 0 unspecified atom stereocenters. The molecule has 3 rings (SSSR count). The van der Waals surface area contributed by atoms with Crippen LogP contribution in [-0.2, 0) is 22.6 Å². The van der Waals surface area contributed by atoms with Crippen LogP contribution in [0.3, 0.4) is 0 Å². The van der Waals surface area contributed by atoms with Crippen LogP contribution < -0.4 is 0 Å². The van der Waals surface area contributed by atoms with E-state index in [1.54, 1.807) is 17.4 Å². The molecule has 0 amide bonds. The van der Waals surface area contributed by atoms with Crippen molar-refractivity contribution in [1.82, 2.24) is 14.3 Å². The summed E-state index contributed by atoms with van der Waals surface area (Å²) in [5, 5.41) is 17.1. The van der Waals surface area contributed by atoms with Crippen molar-refractivity contribution in [3.63, 3.8) is 0 Å². The molecule has 3 aromatic rings. The van der Waals surface area contributed by atoms with Gasteiger partial charge in [-0.3, -0.25) is 24.4 Å². The lowest BCUT2D eigenvalue weighted by Crippen LogP contribution is -2.20. The number of hydrogen-bond acceptors (Lipinski definition) is 7. The Labute approximate surface area is 177 Å². The molecule has 0 aromatic carbocycles. The first-order valence-electron chi connectivity index (χ1n) is 9.25. The van der Waals surface area contributed by atoms with Crippen LogP contribution in [0.25, 0.3) is 0 Å². The number of hydrogen-bond donors (Lipinski definition) is 0. The summed E-state index contributed by atoms with van der Waals surface area (Å²) in [6, 6.07) is 5.82. The van der Waals surface area contributed by atoms with Crippen molar-refractivity contribution in [1.29, 1.82) is 0 Å². The third-order valence-corrected chi connectivity index (χ3v) is 5.80. The summed E-state index contributed by atoms with van der Waals surface area (Å²) in [5.74, 6) is -0.982. The van der Waals surface area contributed by atoms with E-state index in [-0.39, 0.29) is 29.4 Å². The van der Waals surface area contributed by atoms with Crippen LogP contribution in [0.5, 0.6) is 0 Å². The normalized spacial score (nSPS) is 10.9. The molecular formula is C20H22N4O5S. The van der Waals surface area contributed by atoms with E-state index in [1.807, 2.05) is 31.4 Å². The molecule has 3 heterocycles. The molecular weight excluding hydrogens is 408 g/mol. The highest BCUT2D eigenvalue weighted by molar-refractivity contribution is 7.09. The number of rotatable bonds is 8. The molecule has 0 saturated carbocycles. The molecule has 9 nitrogen and oxygen atoms in total. The fourth-order valence-corrected chi connectivity index (χ4v) is 4.08. The average molecular weight is 430 g/mol. The van der Waals surface area contributed by atoms with Crippen LogP contribution in [0.4, 0.5) is 5.69 Å². The summed E-state index contributed by atoms with van der Waals surface area (Å²) in [6.45, 7) is 6.79. The maximum atomic E-state index is 12.6. The number of esters is 1. The number of Topliss-reactive ketones (excluding diaryl/α,β-unsaturated/α-hetero) is 1. The first kappa shape index (κ1) is 21.4. The van der Waals surface area contributed by atoms with E-state index >= 15 is 0 Å². The predicted octanol–water partition coefficient (Wildman–Crippen LogP) is 3.36. The summed E-state index contributed by atoms with van der Waals surface area (Å²) in [5.41, 5.74) is 2.63. The number of nitrogens with zero attached hydrogens (tertiary/aromatic N) is 4. The highest BCUT2D eigenvalue weighted by Gasteiger charge is 2.24. The summed E-state index contributed by atoms with van der Waals surface area (Å²) >= 11 is 1.65. The van der Waals surface area contributed by atoms with E-state index in [4.69, 9.17) is 4.74 Å². The quantitative estimate of drug-likeness (QED) is 0.235. The molecule has 0 aliphatic rings. The van der Waals surface area contributed by atoms with Crippen LogP contribution in [0, 0.1) is 37.8 Å². The summed E-state index contributed by atoms with van der Waals surface area (Å²) in [6.07, 6.45) is 0. The number of aromatic nitrogens is 3. The Kier molecular flexibility index (Phi) is 6.16. The van der Waals surface area contributed by atoms with Gasteiger partial charge in [-0.25, -0.2) is 0 Å². The van der Waals surface area contributed by atoms with E-state index in [9.17, 15) is 19.7 Å². The van der Waals surface area contributed by atoms with Crippen molar-refractivity contribution < 1.29 is 19.2 Å². The lowest BCUT2D eigenvalue weighted by molar-refractivity contribution is -0.386. The highest BCUT2D eigenvalue weighted by atomic mass is 32.1.